The number of fused-ring (bicyclic) bond motifs is 1. The molecule has 29 heavy (non-hydrogen) atoms. The van der Waals surface area contributed by atoms with Crippen molar-refractivity contribution >= 4 is 33.0 Å². The Kier molecular flexibility index (Phi) is 6.25. The molecule has 0 N–H and O–H groups in total. The zero-order chi connectivity index (χ0) is 20.4. The zero-order valence-corrected chi connectivity index (χ0v) is 18.3. The minimum atomic E-state index is -3.53. The molecule has 0 aromatic heterocycles. The van der Waals surface area contributed by atoms with Crippen LogP contribution in [0.15, 0.2) is 41.3 Å². The first kappa shape index (κ1) is 20.8. The standard InChI is InChI=1S/C21H23Cl2NO4S/c22-16-5-6-17(23)21(14-16)29(25,26)12-9-24-8-1-3-18(24)15-4-7-19-20(13-15)28-11-2-10-27-19/h4-7,13-14,18H,1-3,8-12H2/t18-/m1/s1. The molecular formula is C21H23Cl2NO4S. The Balaban J connectivity index is 1.49. The number of hydrogen-bond donors (Lipinski definition) is 0. The molecule has 0 radical (unpaired) electrons. The maximum Gasteiger partial charge on any atom is 0.181 e. The lowest BCUT2D eigenvalue weighted by molar-refractivity contribution is 0.270. The van der Waals surface area contributed by atoms with Crippen molar-refractivity contribution < 1.29 is 17.9 Å². The molecule has 1 atom stereocenters. The van der Waals surface area contributed by atoms with Gasteiger partial charge in [-0.15, -0.1) is 0 Å². The van der Waals surface area contributed by atoms with E-state index in [0.29, 0.717) is 24.8 Å². The first-order valence-corrected chi connectivity index (χ1v) is 12.2. The summed E-state index contributed by atoms with van der Waals surface area (Å²) in [5.41, 5.74) is 1.13. The zero-order valence-electron chi connectivity index (χ0n) is 15.9. The summed E-state index contributed by atoms with van der Waals surface area (Å²) in [4.78, 5) is 2.31. The van der Waals surface area contributed by atoms with Crippen LogP contribution in [0.1, 0.15) is 30.9 Å². The minimum absolute atomic E-state index is 0.00584. The van der Waals surface area contributed by atoms with Gasteiger partial charge >= 0.3 is 0 Å². The second-order valence-corrected chi connectivity index (χ2v) is 10.3. The van der Waals surface area contributed by atoms with Crippen molar-refractivity contribution in [2.45, 2.75) is 30.2 Å². The summed E-state index contributed by atoms with van der Waals surface area (Å²) in [6, 6.07) is 10.7. The minimum Gasteiger partial charge on any atom is -0.490 e. The number of nitrogens with zero attached hydrogens (tertiary/aromatic N) is 1. The number of hydrogen-bond acceptors (Lipinski definition) is 5. The maximum atomic E-state index is 12.8. The van der Waals surface area contributed by atoms with Gasteiger partial charge in [0.15, 0.2) is 21.3 Å². The lowest BCUT2D eigenvalue weighted by Gasteiger charge is -2.25. The third-order valence-corrected chi connectivity index (χ3v) is 7.80. The van der Waals surface area contributed by atoms with E-state index in [-0.39, 0.29) is 21.7 Å². The fourth-order valence-corrected chi connectivity index (χ4v) is 5.99. The number of rotatable bonds is 5. The van der Waals surface area contributed by atoms with Crippen LogP contribution in [-0.4, -0.2) is 45.4 Å². The predicted molar refractivity (Wildman–Crippen MR) is 114 cm³/mol. The summed E-state index contributed by atoms with van der Waals surface area (Å²) in [5.74, 6) is 1.54. The van der Waals surface area contributed by atoms with E-state index in [9.17, 15) is 8.42 Å². The molecule has 156 valence electrons. The molecule has 8 heteroatoms. The third-order valence-electron chi connectivity index (χ3n) is 5.40. The Bertz CT molecular complexity index is 996. The van der Waals surface area contributed by atoms with Crippen molar-refractivity contribution in [3.05, 3.63) is 52.0 Å². The van der Waals surface area contributed by atoms with Crippen molar-refractivity contribution in [1.29, 1.82) is 0 Å². The average molecular weight is 456 g/mol. The van der Waals surface area contributed by atoms with E-state index in [1.165, 1.54) is 12.1 Å². The highest BCUT2D eigenvalue weighted by Gasteiger charge is 2.29. The van der Waals surface area contributed by atoms with Gasteiger partial charge in [0.1, 0.15) is 0 Å². The van der Waals surface area contributed by atoms with E-state index < -0.39 is 9.84 Å². The van der Waals surface area contributed by atoms with Crippen LogP contribution in [0.25, 0.3) is 0 Å². The van der Waals surface area contributed by atoms with Gasteiger partial charge in [0.25, 0.3) is 0 Å². The summed E-state index contributed by atoms with van der Waals surface area (Å²) in [6.45, 7) is 2.59. The van der Waals surface area contributed by atoms with Gasteiger partial charge < -0.3 is 9.47 Å². The number of sulfone groups is 1. The Morgan fingerprint density at radius 1 is 1.00 bits per heavy atom. The van der Waals surface area contributed by atoms with Gasteiger partial charge in [-0.2, -0.15) is 0 Å². The topological polar surface area (TPSA) is 55.8 Å². The highest BCUT2D eigenvalue weighted by atomic mass is 35.5. The Labute approximate surface area is 181 Å². The molecule has 1 fully saturated rings. The molecule has 1 saturated heterocycles. The van der Waals surface area contributed by atoms with Gasteiger partial charge in [0.2, 0.25) is 0 Å². The largest absolute Gasteiger partial charge is 0.490 e. The Morgan fingerprint density at radius 2 is 1.79 bits per heavy atom. The monoisotopic (exact) mass is 455 g/mol. The first-order valence-electron chi connectivity index (χ1n) is 9.75. The quantitative estimate of drug-likeness (QED) is 0.649. The van der Waals surface area contributed by atoms with Gasteiger partial charge in [-0.25, -0.2) is 8.42 Å². The van der Waals surface area contributed by atoms with Crippen LogP contribution in [0.2, 0.25) is 10.0 Å². The van der Waals surface area contributed by atoms with Gasteiger partial charge in [-0.1, -0.05) is 29.3 Å². The molecule has 0 saturated carbocycles. The van der Waals surface area contributed by atoms with Crippen LogP contribution in [-0.2, 0) is 9.84 Å². The number of ether oxygens (including phenoxy) is 2. The molecule has 0 aliphatic carbocycles. The van der Waals surface area contributed by atoms with Crippen molar-refractivity contribution in [2.75, 3.05) is 32.1 Å². The molecule has 2 aromatic rings. The second kappa shape index (κ2) is 8.72. The Morgan fingerprint density at radius 3 is 2.62 bits per heavy atom. The number of likely N-dealkylation sites (tertiary alicyclic amines) is 1. The SMILES string of the molecule is O=S(=O)(CCN1CCC[C@@H]1c1ccc2c(c1)OCCCO2)c1cc(Cl)ccc1Cl. The summed E-state index contributed by atoms with van der Waals surface area (Å²) < 4.78 is 37.2. The van der Waals surface area contributed by atoms with Crippen LogP contribution in [0, 0.1) is 0 Å². The van der Waals surface area contributed by atoms with Crippen LogP contribution in [0.4, 0.5) is 0 Å². The second-order valence-electron chi connectivity index (χ2n) is 7.34. The first-order chi connectivity index (χ1) is 13.9. The maximum absolute atomic E-state index is 12.8. The van der Waals surface area contributed by atoms with Crippen molar-refractivity contribution in [3.8, 4) is 11.5 Å². The molecule has 2 aliphatic heterocycles. The smallest absolute Gasteiger partial charge is 0.181 e. The van der Waals surface area contributed by atoms with Crippen molar-refractivity contribution in [3.63, 3.8) is 0 Å². The third kappa shape index (κ3) is 4.66. The Hall–Kier alpha value is -1.47. The molecule has 2 heterocycles. The molecule has 2 aliphatic rings. The van der Waals surface area contributed by atoms with Crippen LogP contribution in [0.5, 0.6) is 11.5 Å². The summed E-state index contributed by atoms with van der Waals surface area (Å²) in [6.07, 6.45) is 2.87. The van der Waals surface area contributed by atoms with Crippen LogP contribution >= 0.6 is 23.2 Å². The molecule has 0 amide bonds. The summed E-state index contributed by atoms with van der Waals surface area (Å²) in [7, 11) is -3.53. The molecule has 2 aromatic carbocycles. The van der Waals surface area contributed by atoms with E-state index in [0.717, 1.165) is 42.9 Å². The van der Waals surface area contributed by atoms with E-state index in [1.807, 2.05) is 12.1 Å². The van der Waals surface area contributed by atoms with Gasteiger partial charge in [0, 0.05) is 24.0 Å². The van der Waals surface area contributed by atoms with Gasteiger partial charge in [-0.05, 0) is 55.3 Å². The van der Waals surface area contributed by atoms with Gasteiger partial charge in [0.05, 0.1) is 28.9 Å². The van der Waals surface area contributed by atoms with E-state index in [4.69, 9.17) is 32.7 Å². The van der Waals surface area contributed by atoms with Crippen molar-refractivity contribution in [1.82, 2.24) is 4.90 Å². The predicted octanol–water partition coefficient (Wildman–Crippen LogP) is 4.77. The average Bonchev–Trinajstić information content (AvgIpc) is 3.05. The molecule has 0 unspecified atom stereocenters. The molecular weight excluding hydrogens is 433 g/mol. The van der Waals surface area contributed by atoms with E-state index in [1.54, 1.807) is 6.07 Å². The molecule has 0 bridgehead atoms. The molecule has 5 nitrogen and oxygen atoms in total. The van der Waals surface area contributed by atoms with Crippen molar-refractivity contribution in [2.24, 2.45) is 0 Å². The summed E-state index contributed by atoms with van der Waals surface area (Å²) >= 11 is 12.1. The normalized spacial score (nSPS) is 19.9. The fourth-order valence-electron chi connectivity index (χ4n) is 3.92. The van der Waals surface area contributed by atoms with E-state index in [2.05, 4.69) is 11.0 Å². The van der Waals surface area contributed by atoms with Crippen LogP contribution in [0.3, 0.4) is 0 Å². The highest BCUT2D eigenvalue weighted by molar-refractivity contribution is 7.91. The molecule has 4 rings (SSSR count). The lowest BCUT2D eigenvalue weighted by atomic mass is 10.0. The highest BCUT2D eigenvalue weighted by Crippen LogP contribution is 2.38. The summed E-state index contributed by atoms with van der Waals surface area (Å²) in [5, 5.41) is 0.564. The van der Waals surface area contributed by atoms with E-state index >= 15 is 0 Å². The number of halogens is 2. The fraction of sp³-hybridized carbons (Fsp3) is 0.429. The van der Waals surface area contributed by atoms with Gasteiger partial charge in [-0.3, -0.25) is 4.90 Å². The molecule has 0 spiro atoms. The van der Waals surface area contributed by atoms with Crippen LogP contribution < -0.4 is 9.47 Å². The lowest BCUT2D eigenvalue weighted by Crippen LogP contribution is -2.29. The number of benzene rings is 2.